The topological polar surface area (TPSA) is 52.6 Å². The van der Waals surface area contributed by atoms with Crippen molar-refractivity contribution in [1.29, 1.82) is 0 Å². The van der Waals surface area contributed by atoms with E-state index in [9.17, 15) is 23.1 Å². The summed E-state index contributed by atoms with van der Waals surface area (Å²) >= 11 is 15.1. The summed E-state index contributed by atoms with van der Waals surface area (Å²) in [5.74, 6) is -3.11. The van der Waals surface area contributed by atoms with E-state index in [1.54, 1.807) is 23.9 Å². The molecular formula is C21H25Cl2F3N2O2S2. The van der Waals surface area contributed by atoms with Crippen molar-refractivity contribution in [2.24, 2.45) is 17.3 Å². The average molecular weight is 529 g/mol. The summed E-state index contributed by atoms with van der Waals surface area (Å²) in [7, 11) is 1.88. The van der Waals surface area contributed by atoms with Crippen molar-refractivity contribution in [3.05, 3.63) is 39.3 Å². The van der Waals surface area contributed by atoms with Gasteiger partial charge in [0.25, 0.3) is 0 Å². The number of halogens is 5. The lowest BCUT2D eigenvalue weighted by atomic mass is 9.65. The summed E-state index contributed by atoms with van der Waals surface area (Å²) < 4.78 is 42.7. The number of carboxylic acid groups (broad SMARTS) is 1. The van der Waals surface area contributed by atoms with Crippen molar-refractivity contribution in [2.75, 3.05) is 25.9 Å². The van der Waals surface area contributed by atoms with Crippen LogP contribution in [0.5, 0.6) is 0 Å². The molecule has 11 heteroatoms. The highest BCUT2D eigenvalue weighted by Crippen LogP contribution is 2.54. The number of carboxylic acids is 1. The van der Waals surface area contributed by atoms with E-state index in [0.29, 0.717) is 22.3 Å². The molecule has 0 aliphatic carbocycles. The molecule has 32 heavy (non-hydrogen) atoms. The lowest BCUT2D eigenvalue weighted by Crippen LogP contribution is -2.52. The molecule has 2 N–H and O–H groups in total. The van der Waals surface area contributed by atoms with Gasteiger partial charge in [-0.25, -0.2) is 0 Å². The standard InChI is InChI=1S/C21H25Cl2F3N2O2S2/c1-20(21(24,25)26)12(5-6-27-9-15(20)19(29)30)7-18-28(2)13(11-32-18)10-31-14-3-4-16(22)17(23)8-14/h3-4,8,11-12,15,18,27H,5-7,9-10H2,1-2H3,(H,29,30). The molecule has 4 atom stereocenters. The summed E-state index contributed by atoms with van der Waals surface area (Å²) in [6.45, 7) is 1.27. The van der Waals surface area contributed by atoms with E-state index >= 15 is 0 Å². The van der Waals surface area contributed by atoms with Crippen LogP contribution in [-0.2, 0) is 4.79 Å². The number of alkyl halides is 3. The first-order valence-electron chi connectivity index (χ1n) is 10.1. The van der Waals surface area contributed by atoms with Crippen LogP contribution in [0.25, 0.3) is 0 Å². The van der Waals surface area contributed by atoms with Crippen LogP contribution in [0.1, 0.15) is 19.8 Å². The van der Waals surface area contributed by atoms with E-state index in [-0.39, 0.29) is 24.8 Å². The summed E-state index contributed by atoms with van der Waals surface area (Å²) in [5.41, 5.74) is -1.30. The zero-order valence-electron chi connectivity index (χ0n) is 17.6. The third-order valence-electron chi connectivity index (χ3n) is 6.51. The monoisotopic (exact) mass is 528 g/mol. The molecule has 0 bridgehead atoms. The molecule has 2 heterocycles. The zero-order chi connectivity index (χ0) is 23.7. The molecule has 0 spiro atoms. The van der Waals surface area contributed by atoms with Crippen molar-refractivity contribution in [2.45, 2.75) is 36.2 Å². The van der Waals surface area contributed by atoms with E-state index in [1.165, 1.54) is 11.8 Å². The number of aliphatic carboxylic acids is 1. The summed E-state index contributed by atoms with van der Waals surface area (Å²) in [6, 6.07) is 5.39. The number of nitrogens with one attached hydrogen (secondary N) is 1. The second-order valence-electron chi connectivity index (χ2n) is 8.27. The van der Waals surface area contributed by atoms with Gasteiger partial charge in [0.05, 0.1) is 26.8 Å². The predicted octanol–water partition coefficient (Wildman–Crippen LogP) is 6.20. The van der Waals surface area contributed by atoms with E-state index in [2.05, 4.69) is 5.32 Å². The largest absolute Gasteiger partial charge is 0.481 e. The Labute approximate surface area is 204 Å². The molecule has 178 valence electrons. The Hall–Kier alpha value is -0.740. The molecule has 1 fully saturated rings. The molecule has 3 rings (SSSR count). The van der Waals surface area contributed by atoms with Crippen molar-refractivity contribution < 1.29 is 23.1 Å². The molecule has 0 saturated carbocycles. The molecule has 0 radical (unpaired) electrons. The van der Waals surface area contributed by atoms with Gasteiger partial charge in [0.2, 0.25) is 0 Å². The van der Waals surface area contributed by atoms with Crippen molar-refractivity contribution >= 4 is 52.7 Å². The number of carbonyl (C=O) groups is 1. The van der Waals surface area contributed by atoms with Crippen LogP contribution in [-0.4, -0.2) is 53.4 Å². The lowest BCUT2D eigenvalue weighted by Gasteiger charge is -2.43. The number of rotatable bonds is 6. The van der Waals surface area contributed by atoms with Crippen LogP contribution in [0.4, 0.5) is 13.2 Å². The minimum Gasteiger partial charge on any atom is -0.481 e. The maximum atomic E-state index is 14.2. The molecule has 1 saturated heterocycles. The van der Waals surface area contributed by atoms with Gasteiger partial charge in [-0.1, -0.05) is 23.2 Å². The molecule has 1 aromatic rings. The van der Waals surface area contributed by atoms with E-state index in [0.717, 1.165) is 17.5 Å². The number of benzene rings is 1. The highest BCUT2D eigenvalue weighted by Gasteiger charge is 2.62. The Bertz CT molecular complexity index is 887. The summed E-state index contributed by atoms with van der Waals surface area (Å²) in [4.78, 5) is 14.7. The van der Waals surface area contributed by atoms with Gasteiger partial charge in [-0.05, 0) is 55.8 Å². The lowest BCUT2D eigenvalue weighted by molar-refractivity contribution is -0.256. The molecule has 1 aromatic carbocycles. The zero-order valence-corrected chi connectivity index (χ0v) is 20.7. The van der Waals surface area contributed by atoms with Gasteiger partial charge in [-0.3, -0.25) is 4.79 Å². The fraction of sp³-hybridized carbons (Fsp3) is 0.571. The first kappa shape index (κ1) is 25.9. The van der Waals surface area contributed by atoms with E-state index < -0.39 is 29.4 Å². The molecule has 4 nitrogen and oxygen atoms in total. The third kappa shape index (κ3) is 5.32. The predicted molar refractivity (Wildman–Crippen MR) is 125 cm³/mol. The van der Waals surface area contributed by atoms with Crippen LogP contribution in [0.2, 0.25) is 10.0 Å². The van der Waals surface area contributed by atoms with Crippen molar-refractivity contribution in [3.63, 3.8) is 0 Å². The van der Waals surface area contributed by atoms with Gasteiger partial charge in [0.1, 0.15) is 0 Å². The fourth-order valence-corrected chi connectivity index (χ4v) is 6.95. The molecule has 2 aliphatic heterocycles. The quantitative estimate of drug-likeness (QED) is 0.428. The SMILES string of the molecule is CN1C(CSc2ccc(Cl)c(Cl)c2)=CSC1CC1CCNCC(C(=O)O)C1(C)C(F)(F)F. The van der Waals surface area contributed by atoms with Crippen LogP contribution < -0.4 is 5.32 Å². The smallest absolute Gasteiger partial charge is 0.395 e. The van der Waals surface area contributed by atoms with Gasteiger partial charge >= 0.3 is 12.1 Å². The fourth-order valence-electron chi connectivity index (χ4n) is 4.29. The molecule has 0 aromatic heterocycles. The van der Waals surface area contributed by atoms with Crippen LogP contribution in [0.15, 0.2) is 34.2 Å². The van der Waals surface area contributed by atoms with E-state index in [1.807, 2.05) is 23.4 Å². The first-order chi connectivity index (χ1) is 14.9. The number of hydrogen-bond acceptors (Lipinski definition) is 5. The normalized spacial score (nSPS) is 29.0. The Morgan fingerprint density at radius 2 is 2.09 bits per heavy atom. The second kappa shape index (κ2) is 10.3. The molecule has 4 unspecified atom stereocenters. The van der Waals surface area contributed by atoms with Crippen LogP contribution in [0.3, 0.4) is 0 Å². The Kier molecular flexibility index (Phi) is 8.29. The second-order valence-corrected chi connectivity index (χ2v) is 11.2. The third-order valence-corrected chi connectivity index (χ3v) is 9.51. The number of nitrogens with zero attached hydrogens (tertiary/aromatic N) is 1. The van der Waals surface area contributed by atoms with Crippen LogP contribution in [0, 0.1) is 17.3 Å². The van der Waals surface area contributed by atoms with Gasteiger partial charge < -0.3 is 15.3 Å². The minimum atomic E-state index is -4.62. The summed E-state index contributed by atoms with van der Waals surface area (Å²) in [6.07, 6.45) is -4.09. The summed E-state index contributed by atoms with van der Waals surface area (Å²) in [5, 5.41) is 15.2. The molecular weight excluding hydrogens is 504 g/mol. The number of thioether (sulfide) groups is 2. The Balaban J connectivity index is 1.70. The Morgan fingerprint density at radius 1 is 1.38 bits per heavy atom. The molecule has 0 amide bonds. The Morgan fingerprint density at radius 3 is 2.72 bits per heavy atom. The van der Waals surface area contributed by atoms with E-state index in [4.69, 9.17) is 23.2 Å². The van der Waals surface area contributed by atoms with Gasteiger partial charge in [0.15, 0.2) is 0 Å². The first-order valence-corrected chi connectivity index (χ1v) is 12.8. The highest BCUT2D eigenvalue weighted by molar-refractivity contribution is 8.03. The van der Waals surface area contributed by atoms with Gasteiger partial charge in [0, 0.05) is 29.9 Å². The maximum absolute atomic E-state index is 14.2. The van der Waals surface area contributed by atoms with Gasteiger partial charge in [-0.15, -0.1) is 23.5 Å². The maximum Gasteiger partial charge on any atom is 0.395 e. The van der Waals surface area contributed by atoms with Crippen molar-refractivity contribution in [3.8, 4) is 0 Å². The average Bonchev–Trinajstić information content (AvgIpc) is 2.94. The minimum absolute atomic E-state index is 0.181. The van der Waals surface area contributed by atoms with Crippen LogP contribution >= 0.6 is 46.7 Å². The van der Waals surface area contributed by atoms with Crippen molar-refractivity contribution in [1.82, 2.24) is 10.2 Å². The highest BCUT2D eigenvalue weighted by atomic mass is 35.5. The molecule has 2 aliphatic rings. The van der Waals surface area contributed by atoms with Gasteiger partial charge in [-0.2, -0.15) is 13.2 Å². The number of hydrogen-bond donors (Lipinski definition) is 2.